The quantitative estimate of drug-likeness (QED) is 0.862. The van der Waals surface area contributed by atoms with Crippen LogP contribution in [0.25, 0.3) is 0 Å². The summed E-state index contributed by atoms with van der Waals surface area (Å²) in [7, 11) is 0. The van der Waals surface area contributed by atoms with Gasteiger partial charge in [-0.3, -0.25) is 0 Å². The molecule has 0 atom stereocenters. The molecule has 2 nitrogen and oxygen atoms in total. The Hall–Kier alpha value is -1.40. The first kappa shape index (κ1) is 14.0. The molecule has 2 N–H and O–H groups in total. The van der Waals surface area contributed by atoms with Gasteiger partial charge in [-0.1, -0.05) is 6.07 Å². The minimum Gasteiger partial charge on any atom is -0.468 e. The van der Waals surface area contributed by atoms with Crippen LogP contribution in [-0.4, -0.2) is 0 Å². The van der Waals surface area contributed by atoms with E-state index < -0.39 is 11.7 Å². The summed E-state index contributed by atoms with van der Waals surface area (Å²) in [6, 6.07) is 7.73. The Labute approximate surface area is 112 Å². The molecule has 1 aromatic carbocycles. The van der Waals surface area contributed by atoms with Gasteiger partial charge in [-0.25, -0.2) is 0 Å². The first-order chi connectivity index (χ1) is 9.00. The van der Waals surface area contributed by atoms with Crippen molar-refractivity contribution in [2.45, 2.75) is 23.4 Å². The molecule has 0 saturated carbocycles. The van der Waals surface area contributed by atoms with E-state index >= 15 is 0 Å². The topological polar surface area (TPSA) is 39.2 Å². The minimum absolute atomic E-state index is 0.106. The number of hydrogen-bond donors (Lipinski definition) is 1. The molecule has 0 aliphatic heterocycles. The van der Waals surface area contributed by atoms with Gasteiger partial charge in [0.15, 0.2) is 0 Å². The Morgan fingerprint density at radius 2 is 2.00 bits per heavy atom. The van der Waals surface area contributed by atoms with Crippen LogP contribution >= 0.6 is 11.8 Å². The lowest BCUT2D eigenvalue weighted by atomic mass is 10.1. The molecule has 0 amide bonds. The molecule has 102 valence electrons. The predicted molar refractivity (Wildman–Crippen MR) is 67.6 cm³/mol. The third-order valence-corrected chi connectivity index (χ3v) is 3.58. The van der Waals surface area contributed by atoms with E-state index in [0.29, 0.717) is 10.6 Å². The van der Waals surface area contributed by atoms with Crippen LogP contribution in [-0.2, 0) is 18.5 Å². The van der Waals surface area contributed by atoms with Gasteiger partial charge in [0.2, 0.25) is 0 Å². The van der Waals surface area contributed by atoms with Crippen molar-refractivity contribution >= 4 is 11.8 Å². The molecule has 6 heteroatoms. The predicted octanol–water partition coefficient (Wildman–Crippen LogP) is 4.05. The van der Waals surface area contributed by atoms with Gasteiger partial charge in [0, 0.05) is 11.4 Å². The number of nitrogens with two attached hydrogens (primary N) is 1. The molecule has 0 aliphatic rings. The maximum absolute atomic E-state index is 12.8. The van der Waals surface area contributed by atoms with E-state index in [1.165, 1.54) is 24.1 Å². The average Bonchev–Trinajstić information content (AvgIpc) is 2.88. The molecule has 2 aromatic rings. The molecule has 0 fully saturated rings. The highest BCUT2D eigenvalue weighted by Gasteiger charge is 2.33. The molecule has 0 saturated heterocycles. The van der Waals surface area contributed by atoms with Crippen LogP contribution in [0.2, 0.25) is 0 Å². The number of alkyl halides is 3. The van der Waals surface area contributed by atoms with Crippen LogP contribution in [0.5, 0.6) is 0 Å². The fourth-order valence-electron chi connectivity index (χ4n) is 1.64. The van der Waals surface area contributed by atoms with E-state index in [2.05, 4.69) is 0 Å². The molecule has 1 heterocycles. The lowest BCUT2D eigenvalue weighted by Crippen LogP contribution is -2.11. The third kappa shape index (κ3) is 3.54. The largest absolute Gasteiger partial charge is 0.468 e. The average molecular weight is 287 g/mol. The summed E-state index contributed by atoms with van der Waals surface area (Å²) in [6.45, 7) is -0.127. The fourth-order valence-corrected chi connectivity index (χ4v) is 2.48. The van der Waals surface area contributed by atoms with Crippen molar-refractivity contribution in [3.05, 3.63) is 53.5 Å². The minimum atomic E-state index is -4.38. The van der Waals surface area contributed by atoms with Crippen LogP contribution < -0.4 is 5.73 Å². The second kappa shape index (κ2) is 5.71. The van der Waals surface area contributed by atoms with E-state index in [9.17, 15) is 13.2 Å². The zero-order valence-corrected chi connectivity index (χ0v) is 10.7. The highest BCUT2D eigenvalue weighted by molar-refractivity contribution is 7.98. The summed E-state index contributed by atoms with van der Waals surface area (Å²) < 4.78 is 43.7. The van der Waals surface area contributed by atoms with E-state index in [-0.39, 0.29) is 12.1 Å². The summed E-state index contributed by atoms with van der Waals surface area (Å²) in [4.78, 5) is 0.543. The standard InChI is InChI=1S/C13H12F3NOS/c14-13(15,16)12-6-11(4-3-9(12)7-17)19-8-10-2-1-5-18-10/h1-6H,7-8,17H2. The first-order valence-electron chi connectivity index (χ1n) is 5.56. The zero-order valence-electron chi connectivity index (χ0n) is 9.91. The van der Waals surface area contributed by atoms with Crippen molar-refractivity contribution in [1.82, 2.24) is 0 Å². The normalized spacial score (nSPS) is 11.8. The van der Waals surface area contributed by atoms with E-state index in [1.54, 1.807) is 18.2 Å². The highest BCUT2D eigenvalue weighted by Crippen LogP contribution is 2.35. The van der Waals surface area contributed by atoms with Gasteiger partial charge in [0.05, 0.1) is 17.6 Å². The van der Waals surface area contributed by atoms with Crippen molar-refractivity contribution in [3.8, 4) is 0 Å². The Kier molecular flexibility index (Phi) is 4.21. The summed E-state index contributed by atoms with van der Waals surface area (Å²) in [5, 5.41) is 0. The van der Waals surface area contributed by atoms with Gasteiger partial charge in [0.25, 0.3) is 0 Å². The van der Waals surface area contributed by atoms with Gasteiger partial charge < -0.3 is 10.2 Å². The summed E-state index contributed by atoms with van der Waals surface area (Å²) >= 11 is 1.29. The molecule has 1 aromatic heterocycles. The molecule has 0 spiro atoms. The summed E-state index contributed by atoms with van der Waals surface area (Å²) in [6.07, 6.45) is -2.84. The fraction of sp³-hybridized carbons (Fsp3) is 0.231. The smallest absolute Gasteiger partial charge is 0.416 e. The number of thioether (sulfide) groups is 1. The Morgan fingerprint density at radius 1 is 1.21 bits per heavy atom. The second-order valence-corrected chi connectivity index (χ2v) is 4.94. The first-order valence-corrected chi connectivity index (χ1v) is 6.54. The number of halogens is 3. The van der Waals surface area contributed by atoms with Crippen molar-refractivity contribution in [1.29, 1.82) is 0 Å². The lowest BCUT2D eigenvalue weighted by molar-refractivity contribution is -0.138. The zero-order chi connectivity index (χ0) is 13.9. The van der Waals surface area contributed by atoms with E-state index in [1.807, 2.05) is 0 Å². The van der Waals surface area contributed by atoms with E-state index in [0.717, 1.165) is 11.8 Å². The van der Waals surface area contributed by atoms with Gasteiger partial charge in [-0.2, -0.15) is 13.2 Å². The van der Waals surface area contributed by atoms with Gasteiger partial charge in [-0.15, -0.1) is 11.8 Å². The molecule has 0 aliphatic carbocycles. The number of hydrogen-bond acceptors (Lipinski definition) is 3. The van der Waals surface area contributed by atoms with Crippen LogP contribution in [0, 0.1) is 0 Å². The van der Waals surface area contributed by atoms with Gasteiger partial charge in [0.1, 0.15) is 5.76 Å². The molecule has 0 radical (unpaired) electrons. The molecule has 0 unspecified atom stereocenters. The summed E-state index contributed by atoms with van der Waals surface area (Å²) in [5.74, 6) is 1.22. The van der Waals surface area contributed by atoms with Crippen LogP contribution in [0.1, 0.15) is 16.9 Å². The number of benzene rings is 1. The van der Waals surface area contributed by atoms with Crippen molar-refractivity contribution < 1.29 is 17.6 Å². The van der Waals surface area contributed by atoms with Gasteiger partial charge >= 0.3 is 6.18 Å². The summed E-state index contributed by atoms with van der Waals surface area (Å²) in [5.41, 5.74) is 4.77. The third-order valence-electron chi connectivity index (χ3n) is 2.57. The van der Waals surface area contributed by atoms with Gasteiger partial charge in [-0.05, 0) is 29.8 Å². The highest BCUT2D eigenvalue weighted by atomic mass is 32.2. The maximum Gasteiger partial charge on any atom is 0.416 e. The Bertz CT molecular complexity index is 537. The SMILES string of the molecule is NCc1ccc(SCc2ccco2)cc1C(F)(F)F. The van der Waals surface area contributed by atoms with Crippen LogP contribution in [0.4, 0.5) is 13.2 Å². The molecular formula is C13H12F3NOS. The lowest BCUT2D eigenvalue weighted by Gasteiger charge is -2.13. The van der Waals surface area contributed by atoms with Crippen molar-refractivity contribution in [2.75, 3.05) is 0 Å². The monoisotopic (exact) mass is 287 g/mol. The van der Waals surface area contributed by atoms with Crippen molar-refractivity contribution in [2.24, 2.45) is 5.73 Å². The van der Waals surface area contributed by atoms with Crippen molar-refractivity contribution in [3.63, 3.8) is 0 Å². The molecular weight excluding hydrogens is 275 g/mol. The Balaban J connectivity index is 2.18. The second-order valence-electron chi connectivity index (χ2n) is 3.89. The Morgan fingerprint density at radius 3 is 2.58 bits per heavy atom. The molecule has 0 bridgehead atoms. The maximum atomic E-state index is 12.8. The van der Waals surface area contributed by atoms with E-state index in [4.69, 9.17) is 10.2 Å². The number of rotatable bonds is 4. The van der Waals surface area contributed by atoms with Crippen LogP contribution in [0.3, 0.4) is 0 Å². The molecule has 19 heavy (non-hydrogen) atoms. The number of furan rings is 1. The van der Waals surface area contributed by atoms with Crippen LogP contribution in [0.15, 0.2) is 45.9 Å². The molecule has 2 rings (SSSR count).